The molecule has 2 heterocycles. The van der Waals surface area contributed by atoms with Crippen LogP contribution in [0.15, 0.2) is 6.20 Å². The maximum Gasteiger partial charge on any atom is 0.186 e. The van der Waals surface area contributed by atoms with E-state index in [1.807, 2.05) is 0 Å². The average Bonchev–Trinajstić information content (AvgIpc) is 2.75. The molecule has 0 saturated carbocycles. The second kappa shape index (κ2) is 4.37. The summed E-state index contributed by atoms with van der Waals surface area (Å²) in [7, 11) is 4.28. The van der Waals surface area contributed by atoms with E-state index in [4.69, 9.17) is 5.73 Å². The summed E-state index contributed by atoms with van der Waals surface area (Å²) in [5.74, 6) is 0.769. The summed E-state index contributed by atoms with van der Waals surface area (Å²) < 4.78 is 0. The third-order valence-corrected chi connectivity index (χ3v) is 3.80. The zero-order valence-corrected chi connectivity index (χ0v) is 10.1. The molecule has 0 radical (unpaired) electrons. The molecule has 15 heavy (non-hydrogen) atoms. The van der Waals surface area contributed by atoms with E-state index in [9.17, 15) is 0 Å². The quantitative estimate of drug-likeness (QED) is 0.838. The van der Waals surface area contributed by atoms with Crippen molar-refractivity contribution in [2.75, 3.05) is 44.4 Å². The largest absolute Gasteiger partial charge is 0.389 e. The van der Waals surface area contributed by atoms with Crippen LogP contribution >= 0.6 is 11.3 Å². The molecule has 4 nitrogen and oxygen atoms in total. The van der Waals surface area contributed by atoms with E-state index < -0.39 is 0 Å². The molecule has 0 bridgehead atoms. The van der Waals surface area contributed by atoms with E-state index in [1.54, 1.807) is 17.5 Å². The summed E-state index contributed by atoms with van der Waals surface area (Å²) in [5.41, 5.74) is 5.67. The predicted molar refractivity (Wildman–Crippen MR) is 65.4 cm³/mol. The number of anilines is 2. The minimum atomic E-state index is 0.769. The summed E-state index contributed by atoms with van der Waals surface area (Å²) in [6.45, 7) is 3.50. The van der Waals surface area contributed by atoms with Crippen LogP contribution in [-0.4, -0.2) is 43.6 Å². The number of nitrogens with two attached hydrogens (primary N) is 1. The highest BCUT2D eigenvalue weighted by molar-refractivity contribution is 7.19. The molecule has 0 aromatic carbocycles. The highest BCUT2D eigenvalue weighted by atomic mass is 32.1. The van der Waals surface area contributed by atoms with Gasteiger partial charge in [-0.15, -0.1) is 0 Å². The summed E-state index contributed by atoms with van der Waals surface area (Å²) >= 11 is 1.56. The molecule has 1 aromatic heterocycles. The van der Waals surface area contributed by atoms with Gasteiger partial charge in [-0.25, -0.2) is 4.98 Å². The van der Waals surface area contributed by atoms with Gasteiger partial charge in [0.25, 0.3) is 0 Å². The van der Waals surface area contributed by atoms with Gasteiger partial charge in [-0.1, -0.05) is 11.3 Å². The Morgan fingerprint density at radius 3 is 3.07 bits per heavy atom. The van der Waals surface area contributed by atoms with Gasteiger partial charge < -0.3 is 15.5 Å². The van der Waals surface area contributed by atoms with Crippen LogP contribution in [0.3, 0.4) is 0 Å². The van der Waals surface area contributed by atoms with Gasteiger partial charge in [-0.2, -0.15) is 0 Å². The molecular weight excluding hydrogens is 208 g/mol. The number of nitrogen functional groups attached to an aromatic ring is 1. The van der Waals surface area contributed by atoms with E-state index >= 15 is 0 Å². The molecule has 1 aromatic rings. The maximum atomic E-state index is 5.67. The van der Waals surface area contributed by atoms with E-state index in [-0.39, 0.29) is 0 Å². The smallest absolute Gasteiger partial charge is 0.186 e. The zero-order valence-electron chi connectivity index (χ0n) is 9.31. The van der Waals surface area contributed by atoms with E-state index in [0.29, 0.717) is 0 Å². The minimum absolute atomic E-state index is 0.769. The first-order valence-electron chi connectivity index (χ1n) is 5.26. The number of aromatic nitrogens is 1. The van der Waals surface area contributed by atoms with Crippen LogP contribution in [0.2, 0.25) is 0 Å². The molecule has 5 heteroatoms. The van der Waals surface area contributed by atoms with Gasteiger partial charge >= 0.3 is 0 Å². The topological polar surface area (TPSA) is 45.4 Å². The molecule has 0 spiro atoms. The van der Waals surface area contributed by atoms with Crippen LogP contribution in [0.4, 0.5) is 10.1 Å². The molecule has 1 aliphatic heterocycles. The molecule has 2 rings (SSSR count). The maximum absolute atomic E-state index is 5.67. The van der Waals surface area contributed by atoms with Crippen LogP contribution < -0.4 is 10.6 Å². The molecule has 84 valence electrons. The van der Waals surface area contributed by atoms with Gasteiger partial charge in [0, 0.05) is 20.1 Å². The van der Waals surface area contributed by atoms with Crippen molar-refractivity contribution in [1.29, 1.82) is 0 Å². The van der Waals surface area contributed by atoms with Crippen molar-refractivity contribution in [1.82, 2.24) is 9.88 Å². The predicted octanol–water partition coefficient (Wildman–Crippen LogP) is 1.11. The van der Waals surface area contributed by atoms with Crippen molar-refractivity contribution in [3.05, 3.63) is 6.20 Å². The number of thiazole rings is 1. The van der Waals surface area contributed by atoms with Gasteiger partial charge in [0.05, 0.1) is 6.20 Å². The molecule has 1 atom stereocenters. The first kappa shape index (κ1) is 10.7. The number of nitrogens with zero attached hydrogens (tertiary/aromatic N) is 3. The van der Waals surface area contributed by atoms with Crippen LogP contribution in [0.25, 0.3) is 0 Å². The van der Waals surface area contributed by atoms with E-state index in [1.165, 1.54) is 19.5 Å². The van der Waals surface area contributed by atoms with Crippen molar-refractivity contribution >= 4 is 21.5 Å². The monoisotopic (exact) mass is 226 g/mol. The second-order valence-electron chi connectivity index (χ2n) is 4.34. The Balaban J connectivity index is 1.89. The Labute approximate surface area is 94.7 Å². The molecule has 1 unspecified atom stereocenters. The van der Waals surface area contributed by atoms with Crippen molar-refractivity contribution in [3.8, 4) is 0 Å². The van der Waals surface area contributed by atoms with Crippen LogP contribution in [-0.2, 0) is 0 Å². The van der Waals surface area contributed by atoms with Crippen molar-refractivity contribution in [2.24, 2.45) is 5.92 Å². The van der Waals surface area contributed by atoms with Gasteiger partial charge in [0.1, 0.15) is 5.00 Å². The van der Waals surface area contributed by atoms with Gasteiger partial charge in [-0.05, 0) is 25.9 Å². The van der Waals surface area contributed by atoms with Crippen molar-refractivity contribution in [2.45, 2.75) is 6.42 Å². The molecule has 1 fully saturated rings. The lowest BCUT2D eigenvalue weighted by molar-refractivity contribution is 0.396. The Morgan fingerprint density at radius 1 is 1.73 bits per heavy atom. The lowest BCUT2D eigenvalue weighted by Gasteiger charge is -2.20. The van der Waals surface area contributed by atoms with E-state index in [2.05, 4.69) is 28.9 Å². The second-order valence-corrected chi connectivity index (χ2v) is 5.38. The Bertz CT molecular complexity index is 325. The zero-order chi connectivity index (χ0) is 10.8. The van der Waals surface area contributed by atoms with Crippen LogP contribution in [0.5, 0.6) is 0 Å². The van der Waals surface area contributed by atoms with Crippen molar-refractivity contribution in [3.63, 3.8) is 0 Å². The molecule has 0 aliphatic carbocycles. The lowest BCUT2D eigenvalue weighted by atomic mass is 10.1. The van der Waals surface area contributed by atoms with Gasteiger partial charge in [0.15, 0.2) is 5.13 Å². The molecule has 1 saturated heterocycles. The van der Waals surface area contributed by atoms with E-state index in [0.717, 1.165) is 22.6 Å². The Kier molecular flexibility index (Phi) is 3.11. The number of hydrogen-bond donors (Lipinski definition) is 1. The lowest BCUT2D eigenvalue weighted by Crippen LogP contribution is -2.27. The third kappa shape index (κ3) is 2.60. The number of hydrogen-bond acceptors (Lipinski definition) is 5. The summed E-state index contributed by atoms with van der Waals surface area (Å²) in [6.07, 6.45) is 3.03. The number of likely N-dealkylation sites (tertiary alicyclic amines) is 1. The average molecular weight is 226 g/mol. The van der Waals surface area contributed by atoms with Gasteiger partial charge in [0.2, 0.25) is 0 Å². The molecule has 0 amide bonds. The summed E-state index contributed by atoms with van der Waals surface area (Å²) in [6, 6.07) is 0. The standard InChI is InChI=1S/C10H18N4S/c1-13-4-3-8(6-13)7-14(2)10-12-5-9(11)15-10/h5,8H,3-4,6-7,11H2,1-2H3. The molecule has 1 aliphatic rings. The molecule has 2 N–H and O–H groups in total. The van der Waals surface area contributed by atoms with Gasteiger partial charge in [-0.3, -0.25) is 0 Å². The first-order valence-corrected chi connectivity index (χ1v) is 6.08. The third-order valence-electron chi connectivity index (χ3n) is 2.86. The SMILES string of the molecule is CN1CCC(CN(C)c2ncc(N)s2)C1. The Morgan fingerprint density at radius 2 is 2.53 bits per heavy atom. The number of rotatable bonds is 3. The molecular formula is C10H18N4S. The highest BCUT2D eigenvalue weighted by Gasteiger charge is 2.21. The minimum Gasteiger partial charge on any atom is -0.389 e. The van der Waals surface area contributed by atoms with Crippen molar-refractivity contribution < 1.29 is 0 Å². The fraction of sp³-hybridized carbons (Fsp3) is 0.700. The normalized spacial score (nSPS) is 22.1. The Hall–Kier alpha value is -0.810. The van der Waals surface area contributed by atoms with Crippen LogP contribution in [0.1, 0.15) is 6.42 Å². The highest BCUT2D eigenvalue weighted by Crippen LogP contribution is 2.25. The fourth-order valence-corrected chi connectivity index (χ4v) is 2.75. The fourth-order valence-electron chi connectivity index (χ4n) is 2.09. The summed E-state index contributed by atoms with van der Waals surface area (Å²) in [4.78, 5) is 8.88. The van der Waals surface area contributed by atoms with Crippen LogP contribution in [0, 0.1) is 5.92 Å². The summed E-state index contributed by atoms with van der Waals surface area (Å²) in [5, 5.41) is 1.82. The first-order chi connectivity index (χ1) is 7.15.